The Balaban J connectivity index is 2.01. The Hall–Kier alpha value is -1.90. The van der Waals surface area contributed by atoms with Crippen molar-refractivity contribution in [1.82, 2.24) is 9.21 Å². The van der Waals surface area contributed by atoms with Crippen LogP contribution in [0.15, 0.2) is 34.5 Å². The molecule has 0 saturated heterocycles. The van der Waals surface area contributed by atoms with Gasteiger partial charge in [0.25, 0.3) is 5.91 Å². The zero-order chi connectivity index (χ0) is 19.8. The summed E-state index contributed by atoms with van der Waals surface area (Å²) < 4.78 is 31.6. The Labute approximate surface area is 164 Å². The molecule has 0 unspecified atom stereocenters. The highest BCUT2D eigenvalue weighted by atomic mass is 32.2. The van der Waals surface area contributed by atoms with E-state index in [1.807, 2.05) is 4.90 Å². The van der Waals surface area contributed by atoms with Gasteiger partial charge < -0.3 is 9.64 Å². The molecule has 2 aromatic rings. The van der Waals surface area contributed by atoms with Gasteiger partial charge in [-0.15, -0.1) is 11.3 Å². The van der Waals surface area contributed by atoms with Crippen LogP contribution in [0, 0.1) is 0 Å². The molecule has 0 aliphatic carbocycles. The average molecular weight is 409 g/mol. The SMILES string of the molecule is CC[C@H]1c2ccsc2CCN1C(=O)c1ccc(OC)c(S(=O)(=O)N(C)C)c1. The Morgan fingerprint density at radius 2 is 2.07 bits per heavy atom. The van der Waals surface area contributed by atoms with E-state index in [1.165, 1.54) is 37.7 Å². The van der Waals surface area contributed by atoms with Gasteiger partial charge >= 0.3 is 0 Å². The molecule has 1 atom stereocenters. The van der Waals surface area contributed by atoms with Gasteiger partial charge in [0, 0.05) is 31.1 Å². The largest absolute Gasteiger partial charge is 0.495 e. The molecule has 27 heavy (non-hydrogen) atoms. The van der Waals surface area contributed by atoms with E-state index in [-0.39, 0.29) is 22.6 Å². The van der Waals surface area contributed by atoms with E-state index in [0.29, 0.717) is 12.1 Å². The molecule has 1 aliphatic rings. The summed E-state index contributed by atoms with van der Waals surface area (Å²) in [6.45, 7) is 2.69. The molecule has 8 heteroatoms. The summed E-state index contributed by atoms with van der Waals surface area (Å²) in [4.78, 5) is 16.4. The van der Waals surface area contributed by atoms with Crippen molar-refractivity contribution in [3.8, 4) is 5.75 Å². The van der Waals surface area contributed by atoms with Crippen molar-refractivity contribution in [2.45, 2.75) is 30.7 Å². The van der Waals surface area contributed by atoms with E-state index in [2.05, 4.69) is 18.4 Å². The first kappa shape index (κ1) is 19.9. The second-order valence-electron chi connectivity index (χ2n) is 6.62. The van der Waals surface area contributed by atoms with Gasteiger partial charge in [-0.2, -0.15) is 0 Å². The van der Waals surface area contributed by atoms with E-state index in [1.54, 1.807) is 23.5 Å². The first-order chi connectivity index (χ1) is 12.8. The molecule has 0 fully saturated rings. The third kappa shape index (κ3) is 3.49. The van der Waals surface area contributed by atoms with Crippen molar-refractivity contribution in [2.75, 3.05) is 27.7 Å². The maximum Gasteiger partial charge on any atom is 0.254 e. The summed E-state index contributed by atoms with van der Waals surface area (Å²) in [5, 5.41) is 2.07. The molecule has 0 saturated carbocycles. The smallest absolute Gasteiger partial charge is 0.254 e. The molecular formula is C19H24N2O4S2. The second-order valence-corrected chi connectivity index (χ2v) is 9.75. The summed E-state index contributed by atoms with van der Waals surface area (Å²) in [5.41, 5.74) is 1.56. The first-order valence-corrected chi connectivity index (χ1v) is 11.1. The lowest BCUT2D eigenvalue weighted by Gasteiger charge is -2.35. The van der Waals surface area contributed by atoms with Crippen LogP contribution in [0.5, 0.6) is 5.75 Å². The maximum atomic E-state index is 13.2. The number of thiophene rings is 1. The normalized spacial score (nSPS) is 17.1. The van der Waals surface area contributed by atoms with Crippen LogP contribution < -0.4 is 4.74 Å². The predicted molar refractivity (Wildman–Crippen MR) is 106 cm³/mol. The molecule has 1 aromatic carbocycles. The molecule has 0 radical (unpaired) electrons. The van der Waals surface area contributed by atoms with E-state index < -0.39 is 10.0 Å². The standard InChI is InChI=1S/C19H24N2O4S2/c1-5-15-14-9-11-26-17(14)8-10-21(15)19(22)13-6-7-16(25-4)18(12-13)27(23,24)20(2)3/h6-7,9,11-12,15H,5,8,10H2,1-4H3/t15-/m0/s1. The van der Waals surface area contributed by atoms with Crippen molar-refractivity contribution >= 4 is 27.3 Å². The van der Waals surface area contributed by atoms with Gasteiger partial charge in [0.05, 0.1) is 13.2 Å². The first-order valence-electron chi connectivity index (χ1n) is 8.79. The lowest BCUT2D eigenvalue weighted by Crippen LogP contribution is -2.39. The number of rotatable bonds is 5. The molecule has 0 N–H and O–H groups in total. The number of carbonyl (C=O) groups is 1. The van der Waals surface area contributed by atoms with Crippen LogP contribution in [0.4, 0.5) is 0 Å². The fourth-order valence-electron chi connectivity index (χ4n) is 3.45. The van der Waals surface area contributed by atoms with Crippen LogP contribution in [-0.4, -0.2) is 51.3 Å². The minimum absolute atomic E-state index is 0.00197. The van der Waals surface area contributed by atoms with Crippen LogP contribution in [0.3, 0.4) is 0 Å². The molecule has 1 aliphatic heterocycles. The number of sulfonamides is 1. The van der Waals surface area contributed by atoms with Gasteiger partial charge in [-0.1, -0.05) is 6.92 Å². The minimum Gasteiger partial charge on any atom is -0.495 e. The van der Waals surface area contributed by atoms with Gasteiger partial charge in [0.2, 0.25) is 10.0 Å². The second kappa shape index (κ2) is 7.61. The number of ether oxygens (including phenoxy) is 1. The van der Waals surface area contributed by atoms with Gasteiger partial charge in [-0.3, -0.25) is 4.79 Å². The van der Waals surface area contributed by atoms with Crippen LogP contribution >= 0.6 is 11.3 Å². The number of carbonyl (C=O) groups excluding carboxylic acids is 1. The third-order valence-corrected chi connectivity index (χ3v) is 7.74. The highest BCUT2D eigenvalue weighted by Gasteiger charge is 2.32. The molecular weight excluding hydrogens is 384 g/mol. The Bertz CT molecular complexity index is 950. The van der Waals surface area contributed by atoms with Crippen LogP contribution in [0.2, 0.25) is 0 Å². The molecule has 0 spiro atoms. The fraction of sp³-hybridized carbons (Fsp3) is 0.421. The van der Waals surface area contributed by atoms with Crippen LogP contribution in [0.1, 0.15) is 40.2 Å². The van der Waals surface area contributed by atoms with E-state index in [0.717, 1.165) is 17.1 Å². The van der Waals surface area contributed by atoms with Crippen molar-refractivity contribution in [3.05, 3.63) is 45.6 Å². The Morgan fingerprint density at radius 1 is 1.33 bits per heavy atom. The molecule has 1 amide bonds. The highest BCUT2D eigenvalue weighted by molar-refractivity contribution is 7.89. The van der Waals surface area contributed by atoms with Crippen molar-refractivity contribution in [2.24, 2.45) is 0 Å². The number of fused-ring (bicyclic) bond motifs is 1. The summed E-state index contributed by atoms with van der Waals surface area (Å²) in [6, 6.07) is 6.70. The molecule has 6 nitrogen and oxygen atoms in total. The molecule has 2 heterocycles. The predicted octanol–water partition coefficient (Wildman–Crippen LogP) is 3.16. The maximum absolute atomic E-state index is 13.2. The van der Waals surface area contributed by atoms with Gasteiger partial charge in [0.1, 0.15) is 10.6 Å². The van der Waals surface area contributed by atoms with Gasteiger partial charge in [0.15, 0.2) is 0 Å². The summed E-state index contributed by atoms with van der Waals surface area (Å²) in [6.07, 6.45) is 1.64. The number of amides is 1. The van der Waals surface area contributed by atoms with Crippen LogP contribution in [-0.2, 0) is 16.4 Å². The number of hydrogen-bond donors (Lipinski definition) is 0. The highest BCUT2D eigenvalue weighted by Crippen LogP contribution is 2.36. The van der Waals surface area contributed by atoms with Crippen molar-refractivity contribution in [3.63, 3.8) is 0 Å². The summed E-state index contributed by atoms with van der Waals surface area (Å²) >= 11 is 1.73. The fourth-order valence-corrected chi connectivity index (χ4v) is 5.46. The Kier molecular flexibility index (Phi) is 5.60. The van der Waals surface area contributed by atoms with Crippen molar-refractivity contribution in [1.29, 1.82) is 0 Å². The van der Waals surface area contributed by atoms with Gasteiger partial charge in [-0.25, -0.2) is 12.7 Å². The zero-order valence-corrected chi connectivity index (χ0v) is 17.6. The number of benzene rings is 1. The summed E-state index contributed by atoms with van der Waals surface area (Å²) in [5.74, 6) is 0.0719. The number of nitrogens with zero attached hydrogens (tertiary/aromatic N) is 2. The van der Waals surface area contributed by atoms with Crippen molar-refractivity contribution < 1.29 is 17.9 Å². The topological polar surface area (TPSA) is 66.9 Å². The Morgan fingerprint density at radius 3 is 2.70 bits per heavy atom. The van der Waals surface area contributed by atoms with E-state index in [4.69, 9.17) is 4.74 Å². The molecule has 3 rings (SSSR count). The third-order valence-electron chi connectivity index (χ3n) is 4.91. The minimum atomic E-state index is -3.73. The number of methoxy groups -OCH3 is 1. The van der Waals surface area contributed by atoms with Gasteiger partial charge in [-0.05, 0) is 48.1 Å². The lowest BCUT2D eigenvalue weighted by molar-refractivity contribution is 0.0657. The summed E-state index contributed by atoms with van der Waals surface area (Å²) in [7, 11) is 0.607. The lowest BCUT2D eigenvalue weighted by atomic mass is 9.97. The zero-order valence-electron chi connectivity index (χ0n) is 15.9. The molecule has 146 valence electrons. The number of hydrogen-bond acceptors (Lipinski definition) is 5. The molecule has 1 aromatic heterocycles. The quantitative estimate of drug-likeness (QED) is 0.762. The monoisotopic (exact) mass is 408 g/mol. The van der Waals surface area contributed by atoms with E-state index in [9.17, 15) is 13.2 Å². The van der Waals surface area contributed by atoms with Crippen LogP contribution in [0.25, 0.3) is 0 Å². The molecule has 0 bridgehead atoms. The van der Waals surface area contributed by atoms with E-state index >= 15 is 0 Å². The average Bonchev–Trinajstić information content (AvgIpc) is 3.14.